The number of nitrogens with two attached hydrogens (primary N) is 1. The fourth-order valence-corrected chi connectivity index (χ4v) is 2.18. The topological polar surface area (TPSA) is 98.0 Å². The standard InChI is InChI=1S/C12H12N4O2S/c1-6-9(3-8(13)4-14-6)11(18)16-12-15-10(5-19-12)7(2)17/h3-5H,13H2,1-2H3,(H,15,16,18). The molecule has 7 heteroatoms. The molecule has 3 N–H and O–H groups in total. The second-order valence-corrected chi connectivity index (χ2v) is 4.81. The zero-order chi connectivity index (χ0) is 14.0. The van der Waals surface area contributed by atoms with Gasteiger partial charge >= 0.3 is 0 Å². The predicted molar refractivity (Wildman–Crippen MR) is 73.5 cm³/mol. The van der Waals surface area contributed by atoms with E-state index in [1.165, 1.54) is 24.5 Å². The Kier molecular flexibility index (Phi) is 3.57. The predicted octanol–water partition coefficient (Wildman–Crippen LogP) is 1.88. The zero-order valence-corrected chi connectivity index (χ0v) is 11.2. The number of Topliss-reactive ketones (excluding diaryl/α,β-unsaturated/α-hetero) is 1. The van der Waals surface area contributed by atoms with Crippen LogP contribution in [0, 0.1) is 6.92 Å². The third-order valence-corrected chi connectivity index (χ3v) is 3.20. The SMILES string of the molecule is CC(=O)c1csc(NC(=O)c2cc(N)cnc2C)n1. The van der Waals surface area contributed by atoms with Crippen LogP contribution in [0.2, 0.25) is 0 Å². The van der Waals surface area contributed by atoms with E-state index in [1.54, 1.807) is 18.4 Å². The number of hydrogen-bond acceptors (Lipinski definition) is 6. The van der Waals surface area contributed by atoms with E-state index in [4.69, 9.17) is 5.73 Å². The first kappa shape index (κ1) is 13.2. The summed E-state index contributed by atoms with van der Waals surface area (Å²) in [5, 5.41) is 4.59. The van der Waals surface area contributed by atoms with Crippen LogP contribution < -0.4 is 11.1 Å². The summed E-state index contributed by atoms with van der Waals surface area (Å²) >= 11 is 1.20. The van der Waals surface area contributed by atoms with Gasteiger partial charge in [-0.25, -0.2) is 4.98 Å². The minimum Gasteiger partial charge on any atom is -0.397 e. The molecule has 2 aromatic rings. The van der Waals surface area contributed by atoms with Gasteiger partial charge in [0.1, 0.15) is 5.69 Å². The van der Waals surface area contributed by atoms with Gasteiger partial charge in [0.05, 0.1) is 23.1 Å². The number of thiazole rings is 1. The van der Waals surface area contributed by atoms with Crippen molar-refractivity contribution in [1.82, 2.24) is 9.97 Å². The van der Waals surface area contributed by atoms with Gasteiger partial charge in [-0.3, -0.25) is 19.9 Å². The second kappa shape index (κ2) is 5.15. The van der Waals surface area contributed by atoms with Crippen molar-refractivity contribution in [2.75, 3.05) is 11.1 Å². The first-order valence-electron chi connectivity index (χ1n) is 5.47. The van der Waals surface area contributed by atoms with E-state index in [1.807, 2.05) is 0 Å². The van der Waals surface area contributed by atoms with Gasteiger partial charge in [-0.2, -0.15) is 0 Å². The van der Waals surface area contributed by atoms with Crippen LogP contribution in [-0.4, -0.2) is 21.7 Å². The maximum absolute atomic E-state index is 12.0. The number of aromatic nitrogens is 2. The molecule has 19 heavy (non-hydrogen) atoms. The maximum atomic E-state index is 12.0. The molecule has 2 heterocycles. The number of carbonyl (C=O) groups excluding carboxylic acids is 2. The molecule has 2 aromatic heterocycles. The highest BCUT2D eigenvalue weighted by molar-refractivity contribution is 7.14. The summed E-state index contributed by atoms with van der Waals surface area (Å²) in [5.41, 5.74) is 7.32. The monoisotopic (exact) mass is 276 g/mol. The molecule has 0 saturated carbocycles. The Morgan fingerprint density at radius 1 is 1.42 bits per heavy atom. The molecule has 0 aliphatic carbocycles. The first-order valence-corrected chi connectivity index (χ1v) is 6.35. The number of ketones is 1. The van der Waals surface area contributed by atoms with Crippen LogP contribution in [0.3, 0.4) is 0 Å². The zero-order valence-electron chi connectivity index (χ0n) is 10.4. The fourth-order valence-electron chi connectivity index (χ4n) is 1.44. The number of hydrogen-bond donors (Lipinski definition) is 2. The van der Waals surface area contributed by atoms with E-state index in [2.05, 4.69) is 15.3 Å². The quantitative estimate of drug-likeness (QED) is 0.834. The van der Waals surface area contributed by atoms with E-state index in [-0.39, 0.29) is 11.7 Å². The van der Waals surface area contributed by atoms with Crippen LogP contribution in [-0.2, 0) is 0 Å². The summed E-state index contributed by atoms with van der Waals surface area (Å²) in [4.78, 5) is 31.2. The van der Waals surface area contributed by atoms with Crippen molar-refractivity contribution in [3.63, 3.8) is 0 Å². The highest BCUT2D eigenvalue weighted by Crippen LogP contribution is 2.18. The number of rotatable bonds is 3. The van der Waals surface area contributed by atoms with Crippen LogP contribution in [0.5, 0.6) is 0 Å². The summed E-state index contributed by atoms with van der Waals surface area (Å²) in [6.07, 6.45) is 1.49. The molecule has 0 unspecified atom stereocenters. The van der Waals surface area contributed by atoms with Crippen LogP contribution in [0.1, 0.15) is 33.5 Å². The largest absolute Gasteiger partial charge is 0.397 e. The molecule has 0 radical (unpaired) electrons. The van der Waals surface area contributed by atoms with Gasteiger partial charge in [-0.1, -0.05) is 0 Å². The minimum absolute atomic E-state index is 0.140. The Morgan fingerprint density at radius 3 is 2.79 bits per heavy atom. The number of nitrogens with zero attached hydrogens (tertiary/aromatic N) is 2. The molecule has 1 amide bonds. The van der Waals surface area contributed by atoms with Crippen molar-refractivity contribution in [2.45, 2.75) is 13.8 Å². The lowest BCUT2D eigenvalue weighted by Crippen LogP contribution is -2.14. The number of pyridine rings is 1. The van der Waals surface area contributed by atoms with E-state index < -0.39 is 0 Å². The number of anilines is 2. The maximum Gasteiger partial charge on any atom is 0.259 e. The normalized spacial score (nSPS) is 10.2. The van der Waals surface area contributed by atoms with Crippen molar-refractivity contribution in [3.8, 4) is 0 Å². The van der Waals surface area contributed by atoms with Crippen molar-refractivity contribution in [1.29, 1.82) is 0 Å². The average Bonchev–Trinajstić information content (AvgIpc) is 2.80. The summed E-state index contributed by atoms with van der Waals surface area (Å²) in [6, 6.07) is 1.55. The summed E-state index contributed by atoms with van der Waals surface area (Å²) < 4.78 is 0. The molecule has 6 nitrogen and oxygen atoms in total. The Bertz CT molecular complexity index is 651. The molecule has 0 fully saturated rings. The van der Waals surface area contributed by atoms with Crippen molar-refractivity contribution >= 4 is 33.8 Å². The van der Waals surface area contributed by atoms with Gasteiger partial charge in [0.25, 0.3) is 5.91 Å². The Labute approximate surface area is 113 Å². The summed E-state index contributed by atoms with van der Waals surface area (Å²) in [7, 11) is 0. The van der Waals surface area contributed by atoms with Gasteiger partial charge in [0.2, 0.25) is 0 Å². The highest BCUT2D eigenvalue weighted by atomic mass is 32.1. The van der Waals surface area contributed by atoms with Gasteiger partial charge in [0, 0.05) is 12.3 Å². The molecule has 0 aliphatic rings. The molecule has 2 rings (SSSR count). The highest BCUT2D eigenvalue weighted by Gasteiger charge is 2.13. The molecular formula is C12H12N4O2S. The van der Waals surface area contributed by atoms with Gasteiger partial charge in [-0.05, 0) is 13.0 Å². The Morgan fingerprint density at radius 2 is 2.16 bits per heavy atom. The number of nitrogens with one attached hydrogen (secondary N) is 1. The number of nitrogen functional groups attached to an aromatic ring is 1. The number of aryl methyl sites for hydroxylation is 1. The summed E-state index contributed by atoms with van der Waals surface area (Å²) in [6.45, 7) is 3.14. The van der Waals surface area contributed by atoms with Crippen molar-refractivity contribution < 1.29 is 9.59 Å². The summed E-state index contributed by atoms with van der Waals surface area (Å²) in [5.74, 6) is -0.486. The third-order valence-electron chi connectivity index (χ3n) is 2.44. The molecular weight excluding hydrogens is 264 g/mol. The van der Waals surface area contributed by atoms with Crippen LogP contribution in [0.15, 0.2) is 17.6 Å². The van der Waals surface area contributed by atoms with Crippen LogP contribution in [0.25, 0.3) is 0 Å². The third kappa shape index (κ3) is 2.94. The second-order valence-electron chi connectivity index (χ2n) is 3.95. The number of carbonyl (C=O) groups is 2. The van der Waals surface area contributed by atoms with E-state index in [0.717, 1.165) is 0 Å². The molecule has 0 bridgehead atoms. The van der Waals surface area contributed by atoms with Gasteiger partial charge in [0.15, 0.2) is 10.9 Å². The fraction of sp³-hybridized carbons (Fsp3) is 0.167. The van der Waals surface area contributed by atoms with Crippen LogP contribution >= 0.6 is 11.3 Å². The van der Waals surface area contributed by atoms with Crippen molar-refractivity contribution in [2.24, 2.45) is 0 Å². The molecule has 0 atom stereocenters. The first-order chi connectivity index (χ1) is 8.97. The molecule has 0 aromatic carbocycles. The van der Waals surface area contributed by atoms with E-state index >= 15 is 0 Å². The Hall–Kier alpha value is -2.28. The minimum atomic E-state index is -0.346. The lowest BCUT2D eigenvalue weighted by molar-refractivity contribution is 0.100. The van der Waals surface area contributed by atoms with Crippen molar-refractivity contribution in [3.05, 3.63) is 34.6 Å². The van der Waals surface area contributed by atoms with E-state index in [9.17, 15) is 9.59 Å². The van der Waals surface area contributed by atoms with E-state index in [0.29, 0.717) is 27.8 Å². The molecule has 0 aliphatic heterocycles. The van der Waals surface area contributed by atoms with Crippen LogP contribution in [0.4, 0.5) is 10.8 Å². The molecule has 0 saturated heterocycles. The Balaban J connectivity index is 2.20. The molecule has 0 spiro atoms. The van der Waals surface area contributed by atoms with Gasteiger partial charge < -0.3 is 5.73 Å². The lowest BCUT2D eigenvalue weighted by Gasteiger charge is -2.05. The van der Waals surface area contributed by atoms with Gasteiger partial charge in [-0.15, -0.1) is 11.3 Å². The lowest BCUT2D eigenvalue weighted by atomic mass is 10.2. The number of amides is 1. The smallest absolute Gasteiger partial charge is 0.259 e. The molecule has 98 valence electrons. The average molecular weight is 276 g/mol.